The summed E-state index contributed by atoms with van der Waals surface area (Å²) in [5.74, 6) is 2.72. The minimum Gasteiger partial charge on any atom is -0.494 e. The maximum absolute atomic E-state index is 12.2. The predicted molar refractivity (Wildman–Crippen MR) is 90.7 cm³/mol. The number of carbonyl (C=O) groups excluding carboxylic acids is 1. The monoisotopic (exact) mass is 328 g/mol. The van der Waals surface area contributed by atoms with Crippen molar-refractivity contribution < 1.29 is 9.53 Å². The van der Waals surface area contributed by atoms with Crippen LogP contribution < -0.4 is 10.1 Å². The second-order valence-electron chi connectivity index (χ2n) is 6.03. The van der Waals surface area contributed by atoms with E-state index in [9.17, 15) is 4.79 Å². The molecule has 1 aromatic carbocycles. The SMILES string of the molecule is CCOc1ccc(CC(=O)NCc2nnc3n2CCCCC3)cc1. The first-order chi connectivity index (χ1) is 11.8. The highest BCUT2D eigenvalue weighted by atomic mass is 16.5. The number of ether oxygens (including phenoxy) is 1. The summed E-state index contributed by atoms with van der Waals surface area (Å²) in [5, 5.41) is 11.4. The number of amides is 1. The van der Waals surface area contributed by atoms with Crippen LogP contribution in [0.5, 0.6) is 5.75 Å². The van der Waals surface area contributed by atoms with Crippen LogP contribution in [0.2, 0.25) is 0 Å². The maximum atomic E-state index is 12.2. The molecule has 2 heterocycles. The molecule has 1 N–H and O–H groups in total. The first-order valence-electron chi connectivity index (χ1n) is 8.65. The van der Waals surface area contributed by atoms with E-state index in [1.807, 2.05) is 31.2 Å². The van der Waals surface area contributed by atoms with E-state index in [-0.39, 0.29) is 5.91 Å². The standard InChI is InChI=1S/C18H24N4O2/c1-2-24-15-9-7-14(8-10-15)12-18(23)19-13-17-21-20-16-6-4-3-5-11-22(16)17/h7-10H,2-6,11-13H2,1H3,(H,19,23). The molecule has 2 aromatic rings. The molecule has 0 fully saturated rings. The zero-order valence-corrected chi connectivity index (χ0v) is 14.1. The summed E-state index contributed by atoms with van der Waals surface area (Å²) in [6, 6.07) is 7.64. The minimum absolute atomic E-state index is 0.00914. The fraction of sp³-hybridized carbons (Fsp3) is 0.500. The van der Waals surface area contributed by atoms with E-state index in [2.05, 4.69) is 20.1 Å². The van der Waals surface area contributed by atoms with Gasteiger partial charge in [0.2, 0.25) is 5.91 Å². The molecule has 0 radical (unpaired) electrons. The third-order valence-corrected chi connectivity index (χ3v) is 4.23. The Kier molecular flexibility index (Phi) is 5.46. The summed E-state index contributed by atoms with van der Waals surface area (Å²) in [5.41, 5.74) is 0.969. The Morgan fingerprint density at radius 3 is 2.83 bits per heavy atom. The van der Waals surface area contributed by atoms with E-state index in [4.69, 9.17) is 4.74 Å². The number of hydrogen-bond acceptors (Lipinski definition) is 4. The Morgan fingerprint density at radius 1 is 1.21 bits per heavy atom. The van der Waals surface area contributed by atoms with E-state index >= 15 is 0 Å². The fourth-order valence-corrected chi connectivity index (χ4v) is 2.97. The van der Waals surface area contributed by atoms with Crippen LogP contribution in [0, 0.1) is 0 Å². The van der Waals surface area contributed by atoms with E-state index in [0.717, 1.165) is 42.3 Å². The molecule has 1 aliphatic rings. The smallest absolute Gasteiger partial charge is 0.224 e. The molecule has 6 nitrogen and oxygen atoms in total. The summed E-state index contributed by atoms with van der Waals surface area (Å²) < 4.78 is 7.56. The maximum Gasteiger partial charge on any atom is 0.224 e. The van der Waals surface area contributed by atoms with Crippen LogP contribution in [0.15, 0.2) is 24.3 Å². The van der Waals surface area contributed by atoms with Gasteiger partial charge in [-0.3, -0.25) is 4.79 Å². The third-order valence-electron chi connectivity index (χ3n) is 4.23. The molecular weight excluding hydrogens is 304 g/mol. The normalized spacial score (nSPS) is 13.9. The van der Waals surface area contributed by atoms with Gasteiger partial charge in [-0.1, -0.05) is 18.6 Å². The Hall–Kier alpha value is -2.37. The molecule has 0 bridgehead atoms. The molecule has 0 atom stereocenters. The molecule has 0 spiro atoms. The average Bonchev–Trinajstić information content (AvgIpc) is 2.82. The third kappa shape index (κ3) is 4.13. The van der Waals surface area contributed by atoms with Crippen molar-refractivity contribution in [3.05, 3.63) is 41.5 Å². The lowest BCUT2D eigenvalue weighted by molar-refractivity contribution is -0.120. The van der Waals surface area contributed by atoms with Gasteiger partial charge in [0.1, 0.15) is 11.6 Å². The van der Waals surface area contributed by atoms with Gasteiger partial charge in [0, 0.05) is 13.0 Å². The lowest BCUT2D eigenvalue weighted by atomic mass is 10.1. The van der Waals surface area contributed by atoms with Gasteiger partial charge in [0.15, 0.2) is 5.82 Å². The number of hydrogen-bond donors (Lipinski definition) is 1. The van der Waals surface area contributed by atoms with Gasteiger partial charge in [0.05, 0.1) is 19.6 Å². The summed E-state index contributed by atoms with van der Waals surface area (Å²) in [6.45, 7) is 3.98. The Morgan fingerprint density at radius 2 is 2.04 bits per heavy atom. The Labute approximate surface area is 142 Å². The molecule has 3 rings (SSSR count). The fourth-order valence-electron chi connectivity index (χ4n) is 2.97. The number of benzene rings is 1. The topological polar surface area (TPSA) is 69.0 Å². The van der Waals surface area contributed by atoms with Crippen LogP contribution in [0.1, 0.15) is 43.4 Å². The van der Waals surface area contributed by atoms with Crippen molar-refractivity contribution in [1.29, 1.82) is 0 Å². The number of carbonyl (C=O) groups is 1. The molecule has 24 heavy (non-hydrogen) atoms. The molecule has 0 unspecified atom stereocenters. The van der Waals surface area contributed by atoms with Crippen LogP contribution in [-0.2, 0) is 30.7 Å². The van der Waals surface area contributed by atoms with Crippen molar-refractivity contribution >= 4 is 5.91 Å². The second-order valence-corrected chi connectivity index (χ2v) is 6.03. The summed E-state index contributed by atoms with van der Waals surface area (Å²) >= 11 is 0. The molecule has 1 aromatic heterocycles. The Balaban J connectivity index is 1.53. The van der Waals surface area contributed by atoms with Gasteiger partial charge in [-0.05, 0) is 37.5 Å². The lowest BCUT2D eigenvalue weighted by Gasteiger charge is -2.09. The molecular formula is C18H24N4O2. The van der Waals surface area contributed by atoms with Crippen molar-refractivity contribution in [3.8, 4) is 5.75 Å². The summed E-state index contributed by atoms with van der Waals surface area (Å²) in [7, 11) is 0. The summed E-state index contributed by atoms with van der Waals surface area (Å²) in [6.07, 6.45) is 4.88. The quantitative estimate of drug-likeness (QED) is 0.883. The van der Waals surface area contributed by atoms with Crippen molar-refractivity contribution in [2.24, 2.45) is 0 Å². The highest BCUT2D eigenvalue weighted by Gasteiger charge is 2.15. The first-order valence-corrected chi connectivity index (χ1v) is 8.65. The molecule has 0 saturated heterocycles. The van der Waals surface area contributed by atoms with Gasteiger partial charge in [-0.15, -0.1) is 10.2 Å². The van der Waals surface area contributed by atoms with Crippen LogP contribution in [0.25, 0.3) is 0 Å². The largest absolute Gasteiger partial charge is 0.494 e. The van der Waals surface area contributed by atoms with Crippen LogP contribution >= 0.6 is 0 Å². The van der Waals surface area contributed by atoms with Crippen molar-refractivity contribution in [2.45, 2.75) is 52.1 Å². The molecule has 1 amide bonds. The van der Waals surface area contributed by atoms with Crippen LogP contribution in [0.3, 0.4) is 0 Å². The van der Waals surface area contributed by atoms with Crippen molar-refractivity contribution in [1.82, 2.24) is 20.1 Å². The number of rotatable bonds is 6. The highest BCUT2D eigenvalue weighted by Crippen LogP contribution is 2.15. The molecule has 6 heteroatoms. The molecule has 0 aliphatic carbocycles. The minimum atomic E-state index is -0.00914. The van der Waals surface area contributed by atoms with Gasteiger partial charge in [-0.25, -0.2) is 0 Å². The second kappa shape index (κ2) is 7.95. The van der Waals surface area contributed by atoms with Gasteiger partial charge in [-0.2, -0.15) is 0 Å². The number of aromatic nitrogens is 3. The number of aryl methyl sites for hydroxylation is 1. The van der Waals surface area contributed by atoms with Crippen LogP contribution in [-0.4, -0.2) is 27.3 Å². The number of nitrogens with one attached hydrogen (secondary N) is 1. The lowest BCUT2D eigenvalue weighted by Crippen LogP contribution is -2.26. The van der Waals surface area contributed by atoms with Gasteiger partial charge >= 0.3 is 0 Å². The molecule has 1 aliphatic heterocycles. The van der Waals surface area contributed by atoms with Crippen molar-refractivity contribution in [3.63, 3.8) is 0 Å². The van der Waals surface area contributed by atoms with Gasteiger partial charge in [0.25, 0.3) is 0 Å². The van der Waals surface area contributed by atoms with E-state index < -0.39 is 0 Å². The number of nitrogens with zero attached hydrogens (tertiary/aromatic N) is 3. The average molecular weight is 328 g/mol. The predicted octanol–water partition coefficient (Wildman–Crippen LogP) is 2.26. The molecule has 128 valence electrons. The highest BCUT2D eigenvalue weighted by molar-refractivity contribution is 5.78. The van der Waals surface area contributed by atoms with Gasteiger partial charge < -0.3 is 14.6 Å². The number of fused-ring (bicyclic) bond motifs is 1. The zero-order valence-electron chi connectivity index (χ0n) is 14.1. The summed E-state index contributed by atoms with van der Waals surface area (Å²) in [4.78, 5) is 12.2. The van der Waals surface area contributed by atoms with Crippen LogP contribution in [0.4, 0.5) is 0 Å². The van der Waals surface area contributed by atoms with Crippen molar-refractivity contribution in [2.75, 3.05) is 6.61 Å². The zero-order chi connectivity index (χ0) is 16.8. The van der Waals surface area contributed by atoms with E-state index in [0.29, 0.717) is 19.6 Å². The van der Waals surface area contributed by atoms with E-state index in [1.165, 1.54) is 12.8 Å². The Bertz CT molecular complexity index is 679. The van der Waals surface area contributed by atoms with E-state index in [1.54, 1.807) is 0 Å². The first kappa shape index (κ1) is 16.5. The molecule has 0 saturated carbocycles.